The molecule has 32 heavy (non-hydrogen) atoms. The van der Waals surface area contributed by atoms with E-state index in [2.05, 4.69) is 10.3 Å². The van der Waals surface area contributed by atoms with Gasteiger partial charge in [0.25, 0.3) is 0 Å². The van der Waals surface area contributed by atoms with Gasteiger partial charge in [-0.1, -0.05) is 0 Å². The van der Waals surface area contributed by atoms with E-state index in [1.807, 2.05) is 0 Å². The first-order chi connectivity index (χ1) is 15.1. The molecule has 0 aromatic carbocycles. The van der Waals surface area contributed by atoms with Crippen LogP contribution in [0.5, 0.6) is 0 Å². The first kappa shape index (κ1) is 24.7. The van der Waals surface area contributed by atoms with Crippen molar-refractivity contribution >= 4 is 29.8 Å². The number of hydrogen-bond donors (Lipinski definition) is 1. The third kappa shape index (κ3) is 7.01. The number of pyridine rings is 1. The van der Waals surface area contributed by atoms with Crippen LogP contribution in [0.2, 0.25) is 0 Å². The number of aromatic nitrogens is 1. The van der Waals surface area contributed by atoms with Crippen LogP contribution < -0.4 is 5.32 Å². The van der Waals surface area contributed by atoms with Gasteiger partial charge in [0.2, 0.25) is 12.2 Å². The maximum atomic E-state index is 12.6. The van der Waals surface area contributed by atoms with Gasteiger partial charge in [-0.3, -0.25) is 24.2 Å². The molecule has 0 radical (unpaired) electrons. The van der Waals surface area contributed by atoms with Crippen molar-refractivity contribution in [3.05, 3.63) is 30.1 Å². The molecule has 0 saturated carbocycles. The Morgan fingerprint density at radius 3 is 2.16 bits per heavy atom. The van der Waals surface area contributed by atoms with Gasteiger partial charge in [0.05, 0.1) is 5.56 Å². The molecule has 5 atom stereocenters. The van der Waals surface area contributed by atoms with Crippen LogP contribution in [-0.2, 0) is 42.9 Å². The quantitative estimate of drug-likeness (QED) is 0.435. The van der Waals surface area contributed by atoms with E-state index >= 15 is 0 Å². The van der Waals surface area contributed by atoms with Crippen molar-refractivity contribution in [3.8, 4) is 0 Å². The van der Waals surface area contributed by atoms with Gasteiger partial charge in [-0.25, -0.2) is 4.79 Å². The summed E-state index contributed by atoms with van der Waals surface area (Å²) in [6.45, 7) is 4.18. The number of carbonyl (C=O) groups is 5. The zero-order valence-electron chi connectivity index (χ0n) is 17.9. The molecule has 1 N–H and O–H groups in total. The van der Waals surface area contributed by atoms with E-state index in [0.29, 0.717) is 0 Å². The van der Waals surface area contributed by atoms with Crippen molar-refractivity contribution in [2.45, 2.75) is 58.3 Å². The molecule has 1 aromatic heterocycles. The number of rotatable bonds is 7. The summed E-state index contributed by atoms with van der Waals surface area (Å²) in [6.07, 6.45) is -2.53. The first-order valence-corrected chi connectivity index (χ1v) is 9.59. The van der Waals surface area contributed by atoms with Crippen LogP contribution in [0.4, 0.5) is 0 Å². The van der Waals surface area contributed by atoms with Crippen molar-refractivity contribution in [2.24, 2.45) is 0 Å². The highest BCUT2D eigenvalue weighted by Crippen LogP contribution is 2.28. The number of hydrogen-bond acceptors (Lipinski definition) is 11. The minimum Gasteiger partial charge on any atom is -0.463 e. The summed E-state index contributed by atoms with van der Waals surface area (Å²) in [4.78, 5) is 63.0. The van der Waals surface area contributed by atoms with Crippen LogP contribution in [0.25, 0.3) is 0 Å². The molecule has 12 nitrogen and oxygen atoms in total. The average molecular weight is 452 g/mol. The Morgan fingerprint density at radius 2 is 1.62 bits per heavy atom. The van der Waals surface area contributed by atoms with Crippen LogP contribution in [0, 0.1) is 0 Å². The van der Waals surface area contributed by atoms with Crippen molar-refractivity contribution in [1.82, 2.24) is 10.3 Å². The summed E-state index contributed by atoms with van der Waals surface area (Å²) in [7, 11) is 0. The SMILES string of the molecule is CC(=O)N[C@@H]1[C@@H](OC(=O)c2cccnc2)O[C@@H](COC(C)=O)[C@@H](OC(C)=O)[C@H]1OC(C)=O. The largest absolute Gasteiger partial charge is 0.463 e. The summed E-state index contributed by atoms with van der Waals surface area (Å²) in [5.41, 5.74) is 0.0976. The van der Waals surface area contributed by atoms with Crippen LogP contribution in [0.15, 0.2) is 24.5 Å². The molecule has 1 fully saturated rings. The zero-order valence-corrected chi connectivity index (χ0v) is 17.9. The van der Waals surface area contributed by atoms with Gasteiger partial charge in [0.1, 0.15) is 18.8 Å². The fourth-order valence-electron chi connectivity index (χ4n) is 3.05. The second kappa shape index (κ2) is 11.2. The first-order valence-electron chi connectivity index (χ1n) is 9.59. The van der Waals surface area contributed by atoms with Crippen LogP contribution in [-0.4, -0.2) is 72.0 Å². The van der Waals surface area contributed by atoms with E-state index in [9.17, 15) is 24.0 Å². The Bertz CT molecular complexity index is 859. The summed E-state index contributed by atoms with van der Waals surface area (Å²) in [5.74, 6) is -3.54. The van der Waals surface area contributed by atoms with Crippen molar-refractivity contribution in [2.75, 3.05) is 6.61 Å². The Balaban J connectivity index is 2.42. The third-order valence-electron chi connectivity index (χ3n) is 4.19. The van der Waals surface area contributed by atoms with E-state index in [1.54, 1.807) is 0 Å². The molecule has 0 aliphatic carbocycles. The standard InChI is InChI=1S/C20H24N2O10/c1-10(23)22-16-18(30-13(4)26)17(29-12(3)25)15(9-28-11(2)24)31-20(16)32-19(27)14-6-5-7-21-8-14/h5-8,15-18,20H,9H2,1-4H3,(H,22,23)/t15-,16-,17+,18-,20+/m0/s1. The molecule has 174 valence electrons. The number of nitrogens with one attached hydrogen (secondary N) is 1. The molecule has 1 aliphatic heterocycles. The molecular weight excluding hydrogens is 428 g/mol. The summed E-state index contributed by atoms with van der Waals surface area (Å²) in [5, 5.41) is 2.50. The predicted octanol–water partition coefficient (Wildman–Crippen LogP) is -0.105. The molecular formula is C20H24N2O10. The van der Waals surface area contributed by atoms with E-state index in [-0.39, 0.29) is 5.56 Å². The highest BCUT2D eigenvalue weighted by molar-refractivity contribution is 5.89. The highest BCUT2D eigenvalue weighted by atomic mass is 16.7. The van der Waals surface area contributed by atoms with Crippen molar-refractivity contribution in [1.29, 1.82) is 0 Å². The Hall–Kier alpha value is -3.54. The van der Waals surface area contributed by atoms with Gasteiger partial charge in [-0.05, 0) is 12.1 Å². The lowest BCUT2D eigenvalue weighted by Crippen LogP contribution is -2.66. The van der Waals surface area contributed by atoms with Gasteiger partial charge in [0, 0.05) is 40.1 Å². The third-order valence-corrected chi connectivity index (χ3v) is 4.19. The smallest absolute Gasteiger partial charge is 0.342 e. The van der Waals surface area contributed by atoms with E-state index in [0.717, 1.165) is 20.8 Å². The molecule has 1 aliphatic rings. The van der Waals surface area contributed by atoms with E-state index in [4.69, 9.17) is 23.7 Å². The van der Waals surface area contributed by atoms with Crippen LogP contribution in [0.1, 0.15) is 38.1 Å². The number of amides is 1. The fraction of sp³-hybridized carbons (Fsp3) is 0.500. The van der Waals surface area contributed by atoms with E-state index < -0.39 is 67.0 Å². The Labute approximate surface area is 183 Å². The minimum atomic E-state index is -1.48. The normalized spacial score (nSPS) is 24.6. The molecule has 2 heterocycles. The Morgan fingerprint density at radius 1 is 0.969 bits per heavy atom. The maximum absolute atomic E-state index is 12.6. The topological polar surface area (TPSA) is 156 Å². The number of esters is 4. The molecule has 1 amide bonds. The van der Waals surface area contributed by atoms with Crippen LogP contribution in [0.3, 0.4) is 0 Å². The van der Waals surface area contributed by atoms with Gasteiger partial charge in [0.15, 0.2) is 12.2 Å². The number of carbonyl (C=O) groups excluding carboxylic acids is 5. The predicted molar refractivity (Wildman–Crippen MR) is 104 cm³/mol. The maximum Gasteiger partial charge on any atom is 0.342 e. The molecule has 2 rings (SSSR count). The molecule has 12 heteroatoms. The van der Waals surface area contributed by atoms with E-state index in [1.165, 1.54) is 31.5 Å². The lowest BCUT2D eigenvalue weighted by Gasteiger charge is -2.44. The Kier molecular flexibility index (Phi) is 8.64. The zero-order chi connectivity index (χ0) is 23.8. The second-order valence-corrected chi connectivity index (χ2v) is 6.87. The molecule has 0 unspecified atom stereocenters. The molecule has 1 saturated heterocycles. The van der Waals surface area contributed by atoms with Gasteiger partial charge >= 0.3 is 23.9 Å². The minimum absolute atomic E-state index is 0.0976. The summed E-state index contributed by atoms with van der Waals surface area (Å²) in [6, 6.07) is 1.73. The number of ether oxygens (including phenoxy) is 5. The summed E-state index contributed by atoms with van der Waals surface area (Å²) >= 11 is 0. The molecule has 1 aromatic rings. The summed E-state index contributed by atoms with van der Waals surface area (Å²) < 4.78 is 26.7. The van der Waals surface area contributed by atoms with Gasteiger partial charge in [-0.15, -0.1) is 0 Å². The number of nitrogens with zero attached hydrogens (tertiary/aromatic N) is 1. The van der Waals surface area contributed by atoms with Crippen molar-refractivity contribution in [3.63, 3.8) is 0 Å². The fourth-order valence-corrected chi connectivity index (χ4v) is 3.05. The molecule has 0 bridgehead atoms. The second-order valence-electron chi connectivity index (χ2n) is 6.87. The van der Waals surface area contributed by atoms with Gasteiger partial charge < -0.3 is 29.0 Å². The lowest BCUT2D eigenvalue weighted by atomic mass is 9.96. The lowest BCUT2D eigenvalue weighted by molar-refractivity contribution is -0.263. The highest BCUT2D eigenvalue weighted by Gasteiger charge is 2.52. The van der Waals surface area contributed by atoms with Gasteiger partial charge in [-0.2, -0.15) is 0 Å². The van der Waals surface area contributed by atoms with Crippen LogP contribution >= 0.6 is 0 Å². The molecule has 0 spiro atoms. The van der Waals surface area contributed by atoms with Crippen molar-refractivity contribution < 1.29 is 47.7 Å². The monoisotopic (exact) mass is 452 g/mol. The average Bonchev–Trinajstić information content (AvgIpc) is 2.70.